The summed E-state index contributed by atoms with van der Waals surface area (Å²) in [6, 6.07) is 3.46. The van der Waals surface area contributed by atoms with Crippen LogP contribution in [0.15, 0.2) is 18.3 Å². The molecular weight excluding hydrogens is 226 g/mol. The first-order valence-electron chi connectivity index (χ1n) is 6.53. The molecule has 1 fully saturated rings. The number of nitrogens with zero attached hydrogens (tertiary/aromatic N) is 1. The van der Waals surface area contributed by atoms with Gasteiger partial charge in [-0.3, -0.25) is 5.41 Å². The molecule has 0 aliphatic heterocycles. The third-order valence-electron chi connectivity index (χ3n) is 3.88. The summed E-state index contributed by atoms with van der Waals surface area (Å²) in [6.07, 6.45) is 5.25. The molecule has 0 bridgehead atoms. The number of nitrogens with one attached hydrogen (secondary N) is 1. The van der Waals surface area contributed by atoms with E-state index >= 15 is 0 Å². The van der Waals surface area contributed by atoms with Gasteiger partial charge in [0.1, 0.15) is 11.9 Å². The van der Waals surface area contributed by atoms with E-state index in [1.54, 1.807) is 18.3 Å². The molecule has 3 atom stereocenters. The van der Waals surface area contributed by atoms with Crippen LogP contribution in [0.25, 0.3) is 0 Å². The third kappa shape index (κ3) is 3.00. The van der Waals surface area contributed by atoms with Crippen LogP contribution >= 0.6 is 0 Å². The molecule has 1 saturated carbocycles. The van der Waals surface area contributed by atoms with Gasteiger partial charge in [-0.2, -0.15) is 0 Å². The Morgan fingerprint density at radius 3 is 2.83 bits per heavy atom. The minimum absolute atomic E-state index is 0.0490. The van der Waals surface area contributed by atoms with Crippen molar-refractivity contribution < 1.29 is 4.74 Å². The maximum absolute atomic E-state index is 7.40. The maximum Gasteiger partial charge on any atom is 0.214 e. The Hall–Kier alpha value is -1.58. The van der Waals surface area contributed by atoms with Crippen LogP contribution in [0.4, 0.5) is 0 Å². The molecule has 0 aromatic carbocycles. The highest BCUT2D eigenvalue weighted by Gasteiger charge is 2.25. The SMILES string of the molecule is CC1CCC(Oc2cc(C(=N)N)ccn2)CC1C. The molecule has 1 aliphatic carbocycles. The van der Waals surface area contributed by atoms with E-state index in [1.165, 1.54) is 6.42 Å². The molecule has 0 radical (unpaired) electrons. The first kappa shape index (κ1) is 12.9. The van der Waals surface area contributed by atoms with E-state index in [0.29, 0.717) is 17.4 Å². The Labute approximate surface area is 108 Å². The van der Waals surface area contributed by atoms with Crippen LogP contribution < -0.4 is 10.5 Å². The van der Waals surface area contributed by atoms with E-state index in [2.05, 4.69) is 18.8 Å². The van der Waals surface area contributed by atoms with Gasteiger partial charge >= 0.3 is 0 Å². The topological polar surface area (TPSA) is 72.0 Å². The molecule has 3 N–H and O–H groups in total. The summed E-state index contributed by atoms with van der Waals surface area (Å²) in [6.45, 7) is 4.58. The largest absolute Gasteiger partial charge is 0.474 e. The van der Waals surface area contributed by atoms with Crippen LogP contribution in [0.3, 0.4) is 0 Å². The van der Waals surface area contributed by atoms with Gasteiger partial charge in [-0.05, 0) is 37.2 Å². The monoisotopic (exact) mass is 247 g/mol. The van der Waals surface area contributed by atoms with E-state index in [9.17, 15) is 0 Å². The summed E-state index contributed by atoms with van der Waals surface area (Å²) in [5, 5.41) is 7.40. The minimum Gasteiger partial charge on any atom is -0.474 e. The molecule has 0 amide bonds. The molecule has 4 nitrogen and oxygen atoms in total. The van der Waals surface area contributed by atoms with Gasteiger partial charge in [0.15, 0.2) is 0 Å². The van der Waals surface area contributed by atoms with Crippen LogP contribution in [-0.2, 0) is 0 Å². The van der Waals surface area contributed by atoms with Crippen LogP contribution in [0.5, 0.6) is 5.88 Å². The number of hydrogen-bond donors (Lipinski definition) is 2. The van der Waals surface area contributed by atoms with Crippen LogP contribution in [-0.4, -0.2) is 16.9 Å². The van der Waals surface area contributed by atoms with Crippen molar-refractivity contribution in [2.75, 3.05) is 0 Å². The average Bonchev–Trinajstić information content (AvgIpc) is 2.34. The fourth-order valence-electron chi connectivity index (χ4n) is 2.42. The Balaban J connectivity index is 2.01. The smallest absolute Gasteiger partial charge is 0.214 e. The van der Waals surface area contributed by atoms with Gasteiger partial charge in [0.25, 0.3) is 0 Å². The molecule has 98 valence electrons. The van der Waals surface area contributed by atoms with Crippen molar-refractivity contribution in [3.8, 4) is 5.88 Å². The van der Waals surface area contributed by atoms with Crippen molar-refractivity contribution in [2.45, 2.75) is 39.2 Å². The lowest BCUT2D eigenvalue weighted by atomic mass is 9.80. The first-order chi connectivity index (χ1) is 8.56. The fraction of sp³-hybridized carbons (Fsp3) is 0.571. The maximum atomic E-state index is 7.40. The summed E-state index contributed by atoms with van der Waals surface area (Å²) in [5.41, 5.74) is 6.12. The lowest BCUT2D eigenvalue weighted by molar-refractivity contribution is 0.0964. The molecule has 4 heteroatoms. The minimum atomic E-state index is 0.0490. The standard InChI is InChI=1S/C14H21N3O/c1-9-3-4-12(7-10(9)2)18-13-8-11(14(15)16)5-6-17-13/h5-6,8-10,12H,3-4,7H2,1-2H3,(H3,15,16). The number of rotatable bonds is 3. The van der Waals surface area contributed by atoms with Crippen molar-refractivity contribution in [3.63, 3.8) is 0 Å². The van der Waals surface area contributed by atoms with E-state index in [-0.39, 0.29) is 11.9 Å². The molecule has 0 saturated heterocycles. The Bertz CT molecular complexity index is 433. The molecule has 2 rings (SSSR count). The number of nitrogen functional groups attached to an aromatic ring is 1. The summed E-state index contributed by atoms with van der Waals surface area (Å²) >= 11 is 0. The Morgan fingerprint density at radius 1 is 1.39 bits per heavy atom. The fourth-order valence-corrected chi connectivity index (χ4v) is 2.42. The van der Waals surface area contributed by atoms with Gasteiger partial charge in [-0.25, -0.2) is 4.98 Å². The van der Waals surface area contributed by atoms with Gasteiger partial charge in [-0.1, -0.05) is 13.8 Å². The van der Waals surface area contributed by atoms with Crippen molar-refractivity contribution >= 4 is 5.84 Å². The van der Waals surface area contributed by atoms with E-state index in [0.717, 1.165) is 18.8 Å². The lowest BCUT2D eigenvalue weighted by Gasteiger charge is -2.31. The zero-order valence-electron chi connectivity index (χ0n) is 11.0. The van der Waals surface area contributed by atoms with Gasteiger partial charge in [-0.15, -0.1) is 0 Å². The van der Waals surface area contributed by atoms with E-state index in [1.807, 2.05) is 0 Å². The predicted molar refractivity (Wildman–Crippen MR) is 71.8 cm³/mol. The zero-order valence-corrected chi connectivity index (χ0v) is 11.0. The molecule has 1 aliphatic rings. The number of aromatic nitrogens is 1. The number of ether oxygens (including phenoxy) is 1. The molecule has 0 spiro atoms. The quantitative estimate of drug-likeness (QED) is 0.637. The number of nitrogens with two attached hydrogens (primary N) is 1. The summed E-state index contributed by atoms with van der Waals surface area (Å²) in [7, 11) is 0. The molecule has 1 aromatic heterocycles. The summed E-state index contributed by atoms with van der Waals surface area (Å²) < 4.78 is 5.90. The van der Waals surface area contributed by atoms with Gasteiger partial charge in [0.05, 0.1) is 0 Å². The lowest BCUT2D eigenvalue weighted by Crippen LogP contribution is -2.29. The van der Waals surface area contributed by atoms with Gasteiger partial charge in [0.2, 0.25) is 5.88 Å². The molecule has 3 unspecified atom stereocenters. The zero-order chi connectivity index (χ0) is 13.1. The van der Waals surface area contributed by atoms with Crippen LogP contribution in [0, 0.1) is 17.2 Å². The average molecular weight is 247 g/mol. The first-order valence-corrected chi connectivity index (χ1v) is 6.53. The second-order valence-electron chi connectivity index (χ2n) is 5.30. The van der Waals surface area contributed by atoms with E-state index < -0.39 is 0 Å². The van der Waals surface area contributed by atoms with Crippen LogP contribution in [0.1, 0.15) is 38.7 Å². The highest BCUT2D eigenvalue weighted by atomic mass is 16.5. The van der Waals surface area contributed by atoms with Crippen molar-refractivity contribution in [3.05, 3.63) is 23.9 Å². The highest BCUT2D eigenvalue weighted by molar-refractivity contribution is 5.95. The van der Waals surface area contributed by atoms with Crippen molar-refractivity contribution in [2.24, 2.45) is 17.6 Å². The molecule has 1 heterocycles. The second-order valence-corrected chi connectivity index (χ2v) is 5.30. The number of pyridine rings is 1. The summed E-state index contributed by atoms with van der Waals surface area (Å²) in [4.78, 5) is 4.19. The number of amidine groups is 1. The second kappa shape index (κ2) is 5.38. The molecule has 18 heavy (non-hydrogen) atoms. The van der Waals surface area contributed by atoms with Crippen molar-refractivity contribution in [1.29, 1.82) is 5.41 Å². The van der Waals surface area contributed by atoms with Crippen LogP contribution in [0.2, 0.25) is 0 Å². The Morgan fingerprint density at radius 2 is 2.17 bits per heavy atom. The number of hydrogen-bond acceptors (Lipinski definition) is 3. The predicted octanol–water partition coefficient (Wildman–Crippen LogP) is 2.57. The van der Waals surface area contributed by atoms with Gasteiger partial charge < -0.3 is 10.5 Å². The molecule has 1 aromatic rings. The van der Waals surface area contributed by atoms with Crippen molar-refractivity contribution in [1.82, 2.24) is 4.98 Å². The van der Waals surface area contributed by atoms with Gasteiger partial charge in [0, 0.05) is 17.8 Å². The summed E-state index contributed by atoms with van der Waals surface area (Å²) in [5.74, 6) is 2.10. The molecular formula is C14H21N3O. The normalized spacial score (nSPS) is 27.8. The third-order valence-corrected chi connectivity index (χ3v) is 3.88. The van der Waals surface area contributed by atoms with E-state index in [4.69, 9.17) is 15.9 Å². The highest BCUT2D eigenvalue weighted by Crippen LogP contribution is 2.31. The Kier molecular flexibility index (Phi) is 3.84.